The van der Waals surface area contributed by atoms with E-state index < -0.39 is 0 Å². The maximum Gasteiger partial charge on any atom is 0.155 e. The Labute approximate surface area is 96.2 Å². The molecule has 0 amide bonds. The molecule has 0 spiro atoms. The lowest BCUT2D eigenvalue weighted by Crippen LogP contribution is -2.29. The van der Waals surface area contributed by atoms with Crippen molar-refractivity contribution in [2.75, 3.05) is 0 Å². The largest absolute Gasteiger partial charge is 0.295 e. The first-order chi connectivity index (χ1) is 7.81. The monoisotopic (exact) mass is 212 g/mol. The summed E-state index contributed by atoms with van der Waals surface area (Å²) < 4.78 is 0. The van der Waals surface area contributed by atoms with Crippen molar-refractivity contribution in [1.82, 2.24) is 0 Å². The Bertz CT molecular complexity index is 444. The Morgan fingerprint density at radius 3 is 2.62 bits per heavy atom. The van der Waals surface area contributed by atoms with Gasteiger partial charge in [-0.25, -0.2) is 0 Å². The Balaban J connectivity index is 2.10. The highest BCUT2D eigenvalue weighted by atomic mass is 16.1. The number of rotatable bonds is 1. The molecule has 1 fully saturated rings. The molecule has 0 N–H and O–H groups in total. The third kappa shape index (κ3) is 1.35. The second-order valence-electron chi connectivity index (χ2n) is 4.94. The van der Waals surface area contributed by atoms with Crippen LogP contribution in [0.5, 0.6) is 0 Å². The number of carbonyl (C=O) groups excluding carboxylic acids is 1. The molecule has 1 saturated carbocycles. The summed E-state index contributed by atoms with van der Waals surface area (Å²) in [5.41, 5.74) is 3.00. The van der Waals surface area contributed by atoms with Crippen LogP contribution in [0.4, 0.5) is 0 Å². The summed E-state index contributed by atoms with van der Waals surface area (Å²) in [5.74, 6) is 0.323. The van der Waals surface area contributed by atoms with Crippen molar-refractivity contribution in [3.05, 3.63) is 47.5 Å². The number of hydrogen-bond donors (Lipinski definition) is 0. The average Bonchev–Trinajstić information content (AvgIpc) is 2.74. The highest BCUT2D eigenvalue weighted by Gasteiger charge is 2.42. The quantitative estimate of drug-likeness (QED) is 0.697. The molecule has 0 heterocycles. The van der Waals surface area contributed by atoms with E-state index in [1.54, 1.807) is 0 Å². The molecule has 0 radical (unpaired) electrons. The van der Waals surface area contributed by atoms with Crippen molar-refractivity contribution < 1.29 is 4.79 Å². The molecule has 1 unspecified atom stereocenters. The van der Waals surface area contributed by atoms with Gasteiger partial charge in [0, 0.05) is 11.8 Å². The summed E-state index contributed by atoms with van der Waals surface area (Å²) in [6, 6.07) is 10.7. The van der Waals surface area contributed by atoms with Crippen LogP contribution in [0.2, 0.25) is 0 Å². The average molecular weight is 212 g/mol. The van der Waals surface area contributed by atoms with Gasteiger partial charge in [0.1, 0.15) is 0 Å². The van der Waals surface area contributed by atoms with Crippen molar-refractivity contribution >= 4 is 5.78 Å². The van der Waals surface area contributed by atoms with Crippen LogP contribution < -0.4 is 0 Å². The number of fused-ring (bicyclic) bond motifs is 1. The molecular weight excluding hydrogens is 196 g/mol. The van der Waals surface area contributed by atoms with Crippen LogP contribution in [0.3, 0.4) is 0 Å². The molecule has 0 aliphatic heterocycles. The second-order valence-corrected chi connectivity index (χ2v) is 4.94. The summed E-state index contributed by atoms with van der Waals surface area (Å²) >= 11 is 0. The molecule has 1 nitrogen and oxygen atoms in total. The first kappa shape index (κ1) is 9.83. The van der Waals surface area contributed by atoms with Gasteiger partial charge in [-0.2, -0.15) is 0 Å². The highest BCUT2D eigenvalue weighted by Crippen LogP contribution is 2.50. The summed E-state index contributed by atoms with van der Waals surface area (Å²) in [5, 5.41) is 0. The third-order valence-corrected chi connectivity index (χ3v) is 4.12. The van der Waals surface area contributed by atoms with Gasteiger partial charge in [0.2, 0.25) is 0 Å². The van der Waals surface area contributed by atoms with Crippen molar-refractivity contribution in [2.24, 2.45) is 0 Å². The molecule has 2 aliphatic rings. The molecule has 1 heteroatoms. The first-order valence-electron chi connectivity index (χ1n) is 6.11. The molecule has 1 aromatic rings. The van der Waals surface area contributed by atoms with E-state index in [-0.39, 0.29) is 5.41 Å². The van der Waals surface area contributed by atoms with Crippen LogP contribution in [0.1, 0.15) is 37.7 Å². The zero-order chi connectivity index (χ0) is 11.0. The Morgan fingerprint density at radius 1 is 1.00 bits per heavy atom. The van der Waals surface area contributed by atoms with E-state index >= 15 is 0 Å². The van der Waals surface area contributed by atoms with Crippen LogP contribution in [0, 0.1) is 0 Å². The minimum atomic E-state index is 0.204. The molecule has 82 valence electrons. The van der Waals surface area contributed by atoms with Gasteiger partial charge in [0.05, 0.1) is 0 Å². The standard InChI is InChI=1S/C15H16O/c16-14-8-10-15(9-4-7-13(15)11-14)12-5-2-1-3-6-12/h1-3,5-6,11H,4,7-10H2. The minimum Gasteiger partial charge on any atom is -0.295 e. The number of benzene rings is 1. The zero-order valence-corrected chi connectivity index (χ0v) is 9.41. The van der Waals surface area contributed by atoms with E-state index in [0.29, 0.717) is 5.78 Å². The number of allylic oxidation sites excluding steroid dienone is 2. The molecule has 1 atom stereocenters. The fourth-order valence-electron chi connectivity index (χ4n) is 3.31. The SMILES string of the molecule is O=C1C=C2CCCC2(c2ccccc2)CC1. The topological polar surface area (TPSA) is 17.1 Å². The Hall–Kier alpha value is -1.37. The number of hydrogen-bond acceptors (Lipinski definition) is 1. The van der Waals surface area contributed by atoms with Crippen LogP contribution in [-0.2, 0) is 10.2 Å². The zero-order valence-electron chi connectivity index (χ0n) is 9.41. The Morgan fingerprint density at radius 2 is 1.81 bits per heavy atom. The number of carbonyl (C=O) groups is 1. The van der Waals surface area contributed by atoms with E-state index in [4.69, 9.17) is 0 Å². The molecule has 0 aromatic heterocycles. The second kappa shape index (κ2) is 3.58. The van der Waals surface area contributed by atoms with Crippen LogP contribution in [0.25, 0.3) is 0 Å². The summed E-state index contributed by atoms with van der Waals surface area (Å²) in [6.45, 7) is 0. The van der Waals surface area contributed by atoms with Gasteiger partial charge in [-0.15, -0.1) is 0 Å². The predicted molar refractivity (Wildman–Crippen MR) is 64.3 cm³/mol. The van der Waals surface area contributed by atoms with Crippen molar-refractivity contribution in [2.45, 2.75) is 37.5 Å². The van der Waals surface area contributed by atoms with E-state index in [9.17, 15) is 4.79 Å². The molecule has 16 heavy (non-hydrogen) atoms. The smallest absolute Gasteiger partial charge is 0.155 e. The van der Waals surface area contributed by atoms with Gasteiger partial charge < -0.3 is 0 Å². The van der Waals surface area contributed by atoms with Gasteiger partial charge >= 0.3 is 0 Å². The molecule has 1 aromatic carbocycles. The van der Waals surface area contributed by atoms with Crippen LogP contribution >= 0.6 is 0 Å². The minimum absolute atomic E-state index is 0.204. The lowest BCUT2D eigenvalue weighted by Gasteiger charge is -2.34. The number of ketones is 1. The fraction of sp³-hybridized carbons (Fsp3) is 0.400. The molecule has 0 saturated heterocycles. The maximum atomic E-state index is 11.5. The van der Waals surface area contributed by atoms with Gasteiger partial charge in [-0.1, -0.05) is 35.9 Å². The Kier molecular flexibility index (Phi) is 2.20. The molecular formula is C15H16O. The summed E-state index contributed by atoms with van der Waals surface area (Å²) in [7, 11) is 0. The van der Waals surface area contributed by atoms with Crippen LogP contribution in [-0.4, -0.2) is 5.78 Å². The van der Waals surface area contributed by atoms with Crippen molar-refractivity contribution in [3.63, 3.8) is 0 Å². The van der Waals surface area contributed by atoms with E-state index in [1.165, 1.54) is 24.0 Å². The van der Waals surface area contributed by atoms with Gasteiger partial charge in [0.25, 0.3) is 0 Å². The highest BCUT2D eigenvalue weighted by molar-refractivity contribution is 5.92. The van der Waals surface area contributed by atoms with Crippen molar-refractivity contribution in [1.29, 1.82) is 0 Å². The predicted octanol–water partition coefficient (Wildman–Crippen LogP) is 3.40. The summed E-state index contributed by atoms with van der Waals surface area (Å²) in [6.07, 6.45) is 7.22. The van der Waals surface area contributed by atoms with Crippen molar-refractivity contribution in [3.8, 4) is 0 Å². The molecule has 2 aliphatic carbocycles. The van der Waals surface area contributed by atoms with Gasteiger partial charge in [0.15, 0.2) is 5.78 Å². The van der Waals surface area contributed by atoms with Crippen LogP contribution in [0.15, 0.2) is 42.0 Å². The van der Waals surface area contributed by atoms with E-state index in [0.717, 1.165) is 19.3 Å². The summed E-state index contributed by atoms with van der Waals surface area (Å²) in [4.78, 5) is 11.5. The lowest BCUT2D eigenvalue weighted by molar-refractivity contribution is -0.115. The lowest BCUT2D eigenvalue weighted by atomic mass is 9.69. The third-order valence-electron chi connectivity index (χ3n) is 4.12. The normalized spacial score (nSPS) is 28.8. The van der Waals surface area contributed by atoms with E-state index in [2.05, 4.69) is 30.3 Å². The molecule has 3 rings (SSSR count). The first-order valence-corrected chi connectivity index (χ1v) is 6.11. The van der Waals surface area contributed by atoms with Gasteiger partial charge in [-0.3, -0.25) is 4.79 Å². The molecule has 0 bridgehead atoms. The maximum absolute atomic E-state index is 11.5. The van der Waals surface area contributed by atoms with Gasteiger partial charge in [-0.05, 0) is 37.3 Å². The van der Waals surface area contributed by atoms with E-state index in [1.807, 2.05) is 6.08 Å². The fourth-order valence-corrected chi connectivity index (χ4v) is 3.31.